The van der Waals surface area contributed by atoms with Gasteiger partial charge in [0.15, 0.2) is 0 Å². The van der Waals surface area contributed by atoms with Crippen LogP contribution >= 0.6 is 0 Å². The summed E-state index contributed by atoms with van der Waals surface area (Å²) in [7, 11) is 1.73. The molecule has 0 atom stereocenters. The Morgan fingerprint density at radius 1 is 1.67 bits per heavy atom. The lowest BCUT2D eigenvalue weighted by Crippen LogP contribution is -2.17. The van der Waals surface area contributed by atoms with Crippen LogP contribution in [0.25, 0.3) is 0 Å². The Morgan fingerprint density at radius 2 is 2.44 bits per heavy atom. The molecule has 0 saturated carbocycles. The minimum absolute atomic E-state index is 0.752. The maximum Gasteiger partial charge on any atom is 0.0821 e. The number of rotatable bonds is 5. The van der Waals surface area contributed by atoms with Crippen LogP contribution in [0.1, 0.15) is 6.92 Å². The van der Waals surface area contributed by atoms with E-state index in [1.165, 1.54) is 0 Å². The summed E-state index contributed by atoms with van der Waals surface area (Å²) in [4.78, 5) is 3.74. The summed E-state index contributed by atoms with van der Waals surface area (Å²) >= 11 is 0. The first-order chi connectivity index (χ1) is 4.41. The highest BCUT2D eigenvalue weighted by molar-refractivity contribution is 5.53. The minimum Gasteiger partial charge on any atom is -0.380 e. The van der Waals surface area contributed by atoms with E-state index in [2.05, 4.69) is 10.3 Å². The third-order valence-corrected chi connectivity index (χ3v) is 0.815. The molecule has 0 heterocycles. The zero-order valence-corrected chi connectivity index (χ0v) is 6.05. The molecule has 0 aromatic carbocycles. The lowest BCUT2D eigenvalue weighted by molar-refractivity contribution is 0.153. The van der Waals surface area contributed by atoms with Gasteiger partial charge in [-0.1, -0.05) is 0 Å². The zero-order valence-electron chi connectivity index (χ0n) is 6.05. The number of hydrogen-bond donors (Lipinski definition) is 1. The first kappa shape index (κ1) is 8.43. The molecule has 0 amide bonds. The van der Waals surface area contributed by atoms with E-state index in [4.69, 9.17) is 4.74 Å². The summed E-state index contributed by atoms with van der Waals surface area (Å²) in [6.45, 7) is 4.35. The van der Waals surface area contributed by atoms with Gasteiger partial charge in [-0.3, -0.25) is 4.99 Å². The Kier molecular flexibility index (Phi) is 6.96. The Morgan fingerprint density at radius 3 is 3.00 bits per heavy atom. The molecule has 0 fully saturated rings. The molecule has 0 aliphatic rings. The average Bonchev–Trinajstić information content (AvgIpc) is 1.89. The van der Waals surface area contributed by atoms with E-state index in [-0.39, 0.29) is 0 Å². The second-order valence-electron chi connectivity index (χ2n) is 1.54. The van der Waals surface area contributed by atoms with Crippen molar-refractivity contribution >= 4 is 6.34 Å². The maximum absolute atomic E-state index is 5.06. The van der Waals surface area contributed by atoms with Crippen LogP contribution in [0.3, 0.4) is 0 Å². The number of aliphatic imine (C=N–C) groups is 1. The lowest BCUT2D eigenvalue weighted by Gasteiger charge is -1.98. The number of nitrogens with zero attached hydrogens (tertiary/aromatic N) is 1. The fourth-order valence-electron chi connectivity index (χ4n) is 0.431. The highest BCUT2D eigenvalue weighted by Crippen LogP contribution is 1.67. The van der Waals surface area contributed by atoms with E-state index in [0.717, 1.165) is 19.8 Å². The van der Waals surface area contributed by atoms with Crippen molar-refractivity contribution in [2.24, 2.45) is 4.99 Å². The van der Waals surface area contributed by atoms with Gasteiger partial charge in [-0.25, -0.2) is 0 Å². The molecule has 3 heteroatoms. The van der Waals surface area contributed by atoms with Crippen LogP contribution in [0.15, 0.2) is 4.99 Å². The van der Waals surface area contributed by atoms with E-state index < -0.39 is 0 Å². The number of nitrogens with one attached hydrogen (secondary N) is 1. The first-order valence-corrected chi connectivity index (χ1v) is 3.13. The summed E-state index contributed by atoms with van der Waals surface area (Å²) in [6, 6.07) is 0. The van der Waals surface area contributed by atoms with Gasteiger partial charge in [0.05, 0.1) is 12.9 Å². The Hall–Kier alpha value is -0.570. The predicted molar refractivity (Wildman–Crippen MR) is 38.9 cm³/mol. The molecule has 9 heavy (non-hydrogen) atoms. The van der Waals surface area contributed by atoms with Crippen molar-refractivity contribution in [2.45, 2.75) is 6.92 Å². The predicted octanol–water partition coefficient (Wildman–Crippen LogP) is 0.271. The first-order valence-electron chi connectivity index (χ1n) is 3.13. The Balaban J connectivity index is 2.75. The second kappa shape index (κ2) is 7.43. The largest absolute Gasteiger partial charge is 0.380 e. The van der Waals surface area contributed by atoms with Crippen LogP contribution in [0.2, 0.25) is 0 Å². The van der Waals surface area contributed by atoms with Gasteiger partial charge in [0.2, 0.25) is 0 Å². The number of ether oxygens (including phenoxy) is 1. The quantitative estimate of drug-likeness (QED) is 0.329. The zero-order chi connectivity index (χ0) is 6.95. The highest BCUT2D eigenvalue weighted by Gasteiger charge is 1.79. The smallest absolute Gasteiger partial charge is 0.0821 e. The summed E-state index contributed by atoms with van der Waals surface area (Å²) < 4.78 is 5.06. The van der Waals surface area contributed by atoms with Gasteiger partial charge in [-0.05, 0) is 6.92 Å². The van der Waals surface area contributed by atoms with Crippen molar-refractivity contribution in [1.29, 1.82) is 0 Å². The minimum atomic E-state index is 0.752. The van der Waals surface area contributed by atoms with Crippen LogP contribution in [0, 0.1) is 0 Å². The molecule has 0 rings (SSSR count). The normalized spacial score (nSPS) is 10.4. The van der Waals surface area contributed by atoms with Crippen molar-refractivity contribution in [3.63, 3.8) is 0 Å². The summed E-state index contributed by atoms with van der Waals surface area (Å²) in [5.74, 6) is 0. The topological polar surface area (TPSA) is 33.6 Å². The van der Waals surface area contributed by atoms with Crippen LogP contribution < -0.4 is 5.32 Å². The molecule has 0 unspecified atom stereocenters. The van der Waals surface area contributed by atoms with Crippen molar-refractivity contribution in [3.8, 4) is 0 Å². The molecule has 3 nitrogen and oxygen atoms in total. The van der Waals surface area contributed by atoms with Crippen LogP contribution in [0.4, 0.5) is 0 Å². The van der Waals surface area contributed by atoms with E-state index in [1.54, 1.807) is 13.4 Å². The van der Waals surface area contributed by atoms with Gasteiger partial charge in [0, 0.05) is 20.2 Å². The molecule has 54 valence electrons. The highest BCUT2D eigenvalue weighted by atomic mass is 16.5. The lowest BCUT2D eigenvalue weighted by atomic mass is 10.7. The van der Waals surface area contributed by atoms with E-state index in [1.807, 2.05) is 6.92 Å². The summed E-state index contributed by atoms with van der Waals surface area (Å²) in [5.41, 5.74) is 0. The molecule has 0 spiro atoms. The molecular formula is C6H14N2O. The molecule has 1 N–H and O–H groups in total. The van der Waals surface area contributed by atoms with Crippen LogP contribution in [0.5, 0.6) is 0 Å². The standard InChI is InChI=1S/C6H14N2O/c1-3-9-5-4-8-6-7-2/h6H,3-5H2,1-2H3,(H,7,8). The van der Waals surface area contributed by atoms with E-state index in [9.17, 15) is 0 Å². The average molecular weight is 130 g/mol. The van der Waals surface area contributed by atoms with E-state index >= 15 is 0 Å². The summed E-state index contributed by atoms with van der Waals surface area (Å²) in [5, 5.41) is 2.95. The van der Waals surface area contributed by atoms with Gasteiger partial charge in [0.25, 0.3) is 0 Å². The monoisotopic (exact) mass is 130 g/mol. The summed E-state index contributed by atoms with van der Waals surface area (Å²) in [6.07, 6.45) is 1.67. The fourth-order valence-corrected chi connectivity index (χ4v) is 0.431. The van der Waals surface area contributed by atoms with Crippen LogP contribution in [-0.4, -0.2) is 33.1 Å². The molecular weight excluding hydrogens is 116 g/mol. The van der Waals surface area contributed by atoms with E-state index in [0.29, 0.717) is 0 Å². The third-order valence-electron chi connectivity index (χ3n) is 0.815. The fraction of sp³-hybridized carbons (Fsp3) is 0.833. The second-order valence-corrected chi connectivity index (χ2v) is 1.54. The van der Waals surface area contributed by atoms with Crippen molar-refractivity contribution in [2.75, 3.05) is 26.8 Å². The van der Waals surface area contributed by atoms with Gasteiger partial charge in [-0.2, -0.15) is 0 Å². The van der Waals surface area contributed by atoms with Gasteiger partial charge < -0.3 is 10.1 Å². The van der Waals surface area contributed by atoms with Crippen molar-refractivity contribution < 1.29 is 4.74 Å². The number of hydrogen-bond acceptors (Lipinski definition) is 2. The van der Waals surface area contributed by atoms with Gasteiger partial charge in [-0.15, -0.1) is 0 Å². The van der Waals surface area contributed by atoms with Gasteiger partial charge in [0.1, 0.15) is 0 Å². The SMILES string of the molecule is CCOCCNC=NC. The molecule has 0 aliphatic heterocycles. The Labute approximate surface area is 56.1 Å². The molecule has 0 saturated heterocycles. The van der Waals surface area contributed by atoms with Crippen molar-refractivity contribution in [3.05, 3.63) is 0 Å². The molecule has 0 bridgehead atoms. The Bertz CT molecular complexity index is 73.5. The van der Waals surface area contributed by atoms with Crippen molar-refractivity contribution in [1.82, 2.24) is 5.32 Å². The molecule has 0 aromatic heterocycles. The van der Waals surface area contributed by atoms with Crippen LogP contribution in [-0.2, 0) is 4.74 Å². The third kappa shape index (κ3) is 7.43. The molecule has 0 aliphatic carbocycles. The van der Waals surface area contributed by atoms with Gasteiger partial charge >= 0.3 is 0 Å². The molecule has 0 radical (unpaired) electrons. The maximum atomic E-state index is 5.06. The molecule has 0 aromatic rings.